The molecule has 11 rings (SSSR count). The summed E-state index contributed by atoms with van der Waals surface area (Å²) in [4.78, 5) is 30.0. The van der Waals surface area contributed by atoms with Crippen molar-refractivity contribution in [1.29, 1.82) is 0 Å². The molecule has 6 heterocycles. The van der Waals surface area contributed by atoms with E-state index in [2.05, 4.69) is 20.8 Å². The van der Waals surface area contributed by atoms with Crippen molar-refractivity contribution in [2.24, 2.45) is 50.2 Å². The number of carboxylic acids is 1. The third-order valence-electron chi connectivity index (χ3n) is 24.9. The number of carboxylic acid groups (broad SMARTS) is 1. The van der Waals surface area contributed by atoms with Gasteiger partial charge < -0.3 is 154 Å². The van der Waals surface area contributed by atoms with Crippen LogP contribution in [0.15, 0.2) is 11.6 Å². The van der Waals surface area contributed by atoms with E-state index in [9.17, 15) is 102 Å². The Hall–Kier alpha value is -2.48. The van der Waals surface area contributed by atoms with Crippen LogP contribution in [0.2, 0.25) is 0 Å². The van der Waals surface area contributed by atoms with E-state index in [4.69, 9.17) is 56.8 Å². The van der Waals surface area contributed by atoms with Gasteiger partial charge in [-0.1, -0.05) is 39.3 Å². The van der Waals surface area contributed by atoms with Crippen molar-refractivity contribution in [3.63, 3.8) is 0 Å². The fourth-order valence-corrected chi connectivity index (χ4v) is 19.0. The van der Waals surface area contributed by atoms with E-state index in [1.54, 1.807) is 0 Å². The number of allylic oxidation sites excluding steroid dienone is 1. The summed E-state index contributed by atoms with van der Waals surface area (Å²) in [5.74, 6) is -4.00. The van der Waals surface area contributed by atoms with Crippen LogP contribution in [0.3, 0.4) is 0 Å². The summed E-state index contributed by atoms with van der Waals surface area (Å²) in [5.41, 5.74) is -8.08. The van der Waals surface area contributed by atoms with E-state index in [1.807, 2.05) is 13.0 Å². The predicted molar refractivity (Wildman–Crippen MR) is 318 cm³/mol. The standard InChI is InChI=1S/C64H102O33/c1-24-34(71)39(76)46(95-52-43(80)45(93-55-48(81)64(85,22-68)23-87-55)44(25(2)89-52)92-50-41(78)35(72)29(70)20-86-50)53(88-24)97-57(84)62-13-12-58(3,4)16-27(62)26-8-9-32-59(5)17-28(69)49(61(7,56(82)83)33(59)10-11-60(32,6)63(26,21-67)15-14-62)96-54-47(40(77)37(74)31(19-66)91-54)94-51-42(79)38(75)36(73)30(18-65)90-51/h8,24-25,27-55,65-81,85H,9-23H2,1-7H3,(H,82,83)/t24-,25+,27?,28+,29-,30-,31-,32-,33?,34+,35+,36-,37-,38+,39+,40+,41-,42-,43-,44+,45+,46-,47-,48+,49+,50+,51+,52+,53+,54+,55+,59-,60-,61+,62+,63+,64-/m1/s1. The molecule has 4 saturated carbocycles. The summed E-state index contributed by atoms with van der Waals surface area (Å²) in [5, 5.41) is 210. The van der Waals surface area contributed by atoms with Gasteiger partial charge in [-0.05, 0) is 113 Å². The Morgan fingerprint density at radius 3 is 1.74 bits per heavy atom. The lowest BCUT2D eigenvalue weighted by Crippen LogP contribution is -2.71. The SMILES string of the molecule is C[C@@H]1O[C@@H](O[C@H]2[C@H](OC(=O)[C@]34CCC(C)(C)CC3C3=CC[C@@H]5[C@@]6(C)C[C@H](O)[C@H](O[C@@H]7O[C@H](CO)[C@@H](O)[C@H](O)[C@H]7O[C@@H]7O[C@H](CO)[C@@H](O)[C@H](O)[C@H]7O)[C@@](C)(C(=O)O)C6CC[C@@]5(C)[C@]3(CO)CC4)O[C@H](C)[C@H](O)[C@@H]2O)[C@H](O)[C@H](O[C@@H]2OC[C@](O)(CO)[C@H]2O)[C@H]1O[C@@H]1OC[C@@H](O)[C@H](O)[C@H]1O. The molecule has 0 spiro atoms. The maximum absolute atomic E-state index is 15.8. The molecule has 5 aliphatic carbocycles. The molecule has 0 aromatic carbocycles. The molecule has 6 aliphatic heterocycles. The highest BCUT2D eigenvalue weighted by Gasteiger charge is 2.74. The second-order valence-corrected chi connectivity index (χ2v) is 30.9. The van der Waals surface area contributed by atoms with Gasteiger partial charge in [0.15, 0.2) is 37.6 Å². The van der Waals surface area contributed by atoms with Crippen molar-refractivity contribution >= 4 is 11.9 Å². The van der Waals surface area contributed by atoms with Crippen LogP contribution in [-0.2, 0) is 66.4 Å². The molecule has 0 bridgehead atoms. The molecule has 2 unspecified atom stereocenters. The molecule has 0 amide bonds. The molecule has 10 fully saturated rings. The molecular formula is C64H102O33. The van der Waals surface area contributed by atoms with Gasteiger partial charge in [-0.3, -0.25) is 9.59 Å². The molecule has 19 N–H and O–H groups in total. The van der Waals surface area contributed by atoms with E-state index >= 15 is 4.79 Å². The number of carbonyl (C=O) groups is 2. The Bertz CT molecular complexity index is 2800. The molecule has 0 radical (unpaired) electrons. The number of ether oxygens (including phenoxy) is 12. The molecule has 37 atom stereocenters. The van der Waals surface area contributed by atoms with E-state index in [0.29, 0.717) is 19.3 Å². The number of esters is 1. The van der Waals surface area contributed by atoms with Gasteiger partial charge in [0.25, 0.3) is 0 Å². The molecule has 33 heteroatoms. The summed E-state index contributed by atoms with van der Waals surface area (Å²) < 4.78 is 72.1. The zero-order chi connectivity index (χ0) is 70.9. The van der Waals surface area contributed by atoms with E-state index in [-0.39, 0.29) is 43.9 Å². The first-order valence-corrected chi connectivity index (χ1v) is 33.8. The van der Waals surface area contributed by atoms with Crippen LogP contribution < -0.4 is 0 Å². The molecule has 97 heavy (non-hydrogen) atoms. The monoisotopic (exact) mass is 1400 g/mol. The Morgan fingerprint density at radius 1 is 0.536 bits per heavy atom. The molecule has 556 valence electrons. The van der Waals surface area contributed by atoms with E-state index in [1.165, 1.54) is 20.8 Å². The lowest BCUT2D eigenvalue weighted by molar-refractivity contribution is -0.384. The number of aliphatic carboxylic acids is 1. The summed E-state index contributed by atoms with van der Waals surface area (Å²) in [6.45, 7) is 8.21. The second-order valence-electron chi connectivity index (χ2n) is 30.9. The normalized spacial score (nSPS) is 54.5. The topological polar surface area (TPSA) is 529 Å². The van der Waals surface area contributed by atoms with Crippen LogP contribution in [0.4, 0.5) is 0 Å². The zero-order valence-electron chi connectivity index (χ0n) is 55.3. The highest BCUT2D eigenvalue weighted by molar-refractivity contribution is 5.79. The molecular weight excluding hydrogens is 1300 g/mol. The van der Waals surface area contributed by atoms with Crippen molar-refractivity contribution in [3.8, 4) is 0 Å². The first-order chi connectivity index (χ1) is 45.5. The van der Waals surface area contributed by atoms with Crippen molar-refractivity contribution in [2.45, 2.75) is 284 Å². The lowest BCUT2D eigenvalue weighted by atomic mass is 9.33. The van der Waals surface area contributed by atoms with Gasteiger partial charge in [0.05, 0.1) is 68.8 Å². The van der Waals surface area contributed by atoms with Gasteiger partial charge in [0, 0.05) is 5.41 Å². The Labute approximate surface area is 559 Å². The lowest BCUT2D eigenvalue weighted by Gasteiger charge is -2.71. The van der Waals surface area contributed by atoms with Gasteiger partial charge in [-0.2, -0.15) is 0 Å². The maximum Gasteiger partial charge on any atom is 0.315 e. The molecule has 0 aromatic heterocycles. The summed E-state index contributed by atoms with van der Waals surface area (Å²) in [6, 6.07) is 0. The van der Waals surface area contributed by atoms with Crippen LogP contribution in [0.1, 0.15) is 106 Å². The summed E-state index contributed by atoms with van der Waals surface area (Å²) in [7, 11) is 0. The van der Waals surface area contributed by atoms with Crippen LogP contribution in [0.25, 0.3) is 0 Å². The van der Waals surface area contributed by atoms with Crippen molar-refractivity contribution in [1.82, 2.24) is 0 Å². The zero-order valence-corrected chi connectivity index (χ0v) is 55.3. The number of aliphatic hydroxyl groups is 18. The van der Waals surface area contributed by atoms with Crippen LogP contribution >= 0.6 is 0 Å². The molecule has 0 aromatic rings. The highest BCUT2D eigenvalue weighted by Crippen LogP contribution is 2.76. The minimum absolute atomic E-state index is 0.0841. The molecule has 33 nitrogen and oxygen atoms in total. The average molecular weight is 1400 g/mol. The minimum atomic E-state index is -2.21. The quantitative estimate of drug-likeness (QED) is 0.0366. The highest BCUT2D eigenvalue weighted by atomic mass is 16.8. The Kier molecular flexibility index (Phi) is 21.7. The van der Waals surface area contributed by atoms with Crippen LogP contribution in [0, 0.1) is 50.2 Å². The smallest absolute Gasteiger partial charge is 0.315 e. The molecule has 6 saturated heterocycles. The predicted octanol–water partition coefficient (Wildman–Crippen LogP) is -6.04. The van der Waals surface area contributed by atoms with Crippen LogP contribution in [0.5, 0.6) is 0 Å². The number of hydrogen-bond donors (Lipinski definition) is 19. The maximum atomic E-state index is 15.8. The average Bonchev–Trinajstić information content (AvgIpc) is 0.873. The fourth-order valence-electron chi connectivity index (χ4n) is 19.0. The van der Waals surface area contributed by atoms with E-state index in [0.717, 1.165) is 5.57 Å². The number of rotatable bonds is 17. The fraction of sp³-hybridized carbons (Fsp3) is 0.938. The first kappa shape index (κ1) is 75.7. The summed E-state index contributed by atoms with van der Waals surface area (Å²) in [6.07, 6.45) is -44.5. The van der Waals surface area contributed by atoms with Gasteiger partial charge in [0.2, 0.25) is 6.29 Å². The van der Waals surface area contributed by atoms with E-state index < -0.39 is 274 Å². The number of fused-ring (bicyclic) bond motifs is 7. The number of aliphatic hydroxyl groups excluding tert-OH is 17. The first-order valence-electron chi connectivity index (χ1n) is 33.8. The van der Waals surface area contributed by atoms with Crippen molar-refractivity contribution < 1.29 is 163 Å². The van der Waals surface area contributed by atoms with Crippen molar-refractivity contribution in [2.75, 3.05) is 39.6 Å². The number of carbonyl (C=O) groups excluding carboxylic acids is 1. The van der Waals surface area contributed by atoms with Gasteiger partial charge in [-0.15, -0.1) is 0 Å². The Balaban J connectivity index is 0.863. The largest absolute Gasteiger partial charge is 0.481 e. The number of hydrogen-bond acceptors (Lipinski definition) is 32. The van der Waals surface area contributed by atoms with Crippen LogP contribution in [-0.4, -0.2) is 326 Å². The van der Waals surface area contributed by atoms with Crippen molar-refractivity contribution in [3.05, 3.63) is 11.6 Å². The second kappa shape index (κ2) is 27.9. The Morgan fingerprint density at radius 2 is 1.11 bits per heavy atom. The van der Waals surface area contributed by atoms with Gasteiger partial charge in [-0.25, -0.2) is 0 Å². The minimum Gasteiger partial charge on any atom is -0.481 e. The third kappa shape index (κ3) is 12.5. The third-order valence-corrected chi connectivity index (χ3v) is 24.9. The van der Waals surface area contributed by atoms with Gasteiger partial charge >= 0.3 is 11.9 Å². The molecule has 11 aliphatic rings. The van der Waals surface area contributed by atoms with Gasteiger partial charge in [0.1, 0.15) is 115 Å². The summed E-state index contributed by atoms with van der Waals surface area (Å²) >= 11 is 0.